The number of carbonyl (C=O) groups is 1. The van der Waals surface area contributed by atoms with Crippen molar-refractivity contribution in [3.63, 3.8) is 0 Å². The number of amides is 1. The van der Waals surface area contributed by atoms with Crippen molar-refractivity contribution in [1.29, 1.82) is 0 Å². The first-order chi connectivity index (χ1) is 14.5. The van der Waals surface area contributed by atoms with Crippen LogP contribution in [0, 0.1) is 19.7 Å². The molecule has 156 valence electrons. The number of rotatable bonds is 5. The molecule has 0 saturated carbocycles. The fourth-order valence-corrected chi connectivity index (χ4v) is 3.64. The minimum atomic E-state index is -0.350. The monoisotopic (exact) mass is 409 g/mol. The van der Waals surface area contributed by atoms with Gasteiger partial charge in [-0.1, -0.05) is 29.4 Å². The van der Waals surface area contributed by atoms with E-state index in [1.165, 1.54) is 12.1 Å². The van der Waals surface area contributed by atoms with Crippen LogP contribution >= 0.6 is 0 Å². The molecule has 0 aliphatic carbocycles. The highest BCUT2D eigenvalue weighted by Crippen LogP contribution is 2.28. The Morgan fingerprint density at radius 3 is 2.97 bits per heavy atom. The highest BCUT2D eigenvalue weighted by molar-refractivity contribution is 5.78. The summed E-state index contributed by atoms with van der Waals surface area (Å²) in [6, 6.07) is 12.0. The maximum absolute atomic E-state index is 13.5. The zero-order valence-electron chi connectivity index (χ0n) is 17.1. The molecule has 1 aliphatic heterocycles. The number of hydrogen-bond donors (Lipinski definition) is 0. The number of ether oxygens (including phenoxy) is 1. The molecule has 1 amide bonds. The van der Waals surface area contributed by atoms with Crippen LogP contribution in [-0.2, 0) is 4.79 Å². The summed E-state index contributed by atoms with van der Waals surface area (Å²) in [6.45, 7) is 5.12. The van der Waals surface area contributed by atoms with E-state index >= 15 is 0 Å². The number of benzene rings is 2. The molecule has 0 radical (unpaired) electrons. The van der Waals surface area contributed by atoms with Crippen LogP contribution in [0.5, 0.6) is 5.75 Å². The Bertz CT molecular complexity index is 1050. The van der Waals surface area contributed by atoms with Gasteiger partial charge in [-0.05, 0) is 56.0 Å². The van der Waals surface area contributed by atoms with Gasteiger partial charge in [-0.15, -0.1) is 0 Å². The minimum absolute atomic E-state index is 0.00457. The normalized spacial score (nSPS) is 16.5. The van der Waals surface area contributed by atoms with Crippen LogP contribution in [0.15, 0.2) is 47.0 Å². The van der Waals surface area contributed by atoms with Gasteiger partial charge in [0, 0.05) is 18.7 Å². The Labute approximate surface area is 174 Å². The highest BCUT2D eigenvalue weighted by Gasteiger charge is 2.29. The van der Waals surface area contributed by atoms with Gasteiger partial charge < -0.3 is 14.2 Å². The highest BCUT2D eigenvalue weighted by atomic mass is 19.1. The third-order valence-corrected chi connectivity index (χ3v) is 5.34. The van der Waals surface area contributed by atoms with Gasteiger partial charge in [-0.25, -0.2) is 4.39 Å². The number of aromatic nitrogens is 2. The molecule has 0 spiro atoms. The molecule has 6 nitrogen and oxygen atoms in total. The van der Waals surface area contributed by atoms with Crippen molar-refractivity contribution in [3.8, 4) is 17.1 Å². The number of carbonyl (C=O) groups excluding carboxylic acids is 1. The zero-order chi connectivity index (χ0) is 21.1. The number of piperidine rings is 1. The lowest BCUT2D eigenvalue weighted by Crippen LogP contribution is -2.41. The summed E-state index contributed by atoms with van der Waals surface area (Å²) in [7, 11) is 0. The van der Waals surface area contributed by atoms with E-state index in [1.54, 1.807) is 17.0 Å². The van der Waals surface area contributed by atoms with E-state index in [-0.39, 0.29) is 24.2 Å². The first kappa shape index (κ1) is 20.1. The van der Waals surface area contributed by atoms with Gasteiger partial charge in [0.05, 0.1) is 5.92 Å². The molecule has 1 aliphatic rings. The Kier molecular flexibility index (Phi) is 5.79. The Balaban J connectivity index is 1.39. The van der Waals surface area contributed by atoms with Gasteiger partial charge in [-0.2, -0.15) is 4.98 Å². The second kappa shape index (κ2) is 8.65. The number of nitrogens with zero attached hydrogens (tertiary/aromatic N) is 3. The van der Waals surface area contributed by atoms with E-state index in [1.807, 2.05) is 32.0 Å². The topological polar surface area (TPSA) is 68.5 Å². The van der Waals surface area contributed by atoms with Crippen molar-refractivity contribution in [3.05, 3.63) is 65.3 Å². The van der Waals surface area contributed by atoms with Crippen molar-refractivity contribution in [2.45, 2.75) is 32.6 Å². The Hall–Kier alpha value is -3.22. The van der Waals surface area contributed by atoms with Crippen molar-refractivity contribution in [2.75, 3.05) is 19.7 Å². The van der Waals surface area contributed by atoms with Crippen LogP contribution in [0.4, 0.5) is 4.39 Å². The molecule has 1 fully saturated rings. The fraction of sp³-hybridized carbons (Fsp3) is 0.348. The van der Waals surface area contributed by atoms with Crippen molar-refractivity contribution in [2.24, 2.45) is 0 Å². The average Bonchev–Trinajstić information content (AvgIpc) is 3.25. The van der Waals surface area contributed by atoms with Crippen LogP contribution in [0.25, 0.3) is 11.4 Å². The van der Waals surface area contributed by atoms with Gasteiger partial charge in [0.2, 0.25) is 11.7 Å². The largest absolute Gasteiger partial charge is 0.483 e. The molecule has 4 rings (SSSR count). The van der Waals surface area contributed by atoms with E-state index in [9.17, 15) is 9.18 Å². The molecule has 1 atom stereocenters. The molecular weight excluding hydrogens is 385 g/mol. The molecule has 0 unspecified atom stereocenters. The molecule has 2 heterocycles. The second-order valence-corrected chi connectivity index (χ2v) is 7.70. The minimum Gasteiger partial charge on any atom is -0.483 e. The van der Waals surface area contributed by atoms with E-state index in [2.05, 4.69) is 10.1 Å². The maximum atomic E-state index is 13.5. The average molecular weight is 409 g/mol. The van der Waals surface area contributed by atoms with Crippen LogP contribution < -0.4 is 4.74 Å². The summed E-state index contributed by atoms with van der Waals surface area (Å²) in [4.78, 5) is 18.9. The van der Waals surface area contributed by atoms with Gasteiger partial charge in [0.25, 0.3) is 5.91 Å². The number of likely N-dealkylation sites (tertiary alicyclic amines) is 1. The predicted octanol–water partition coefficient (Wildman–Crippen LogP) is 4.28. The zero-order valence-corrected chi connectivity index (χ0v) is 17.1. The van der Waals surface area contributed by atoms with Crippen LogP contribution in [0.3, 0.4) is 0 Å². The molecule has 1 aromatic heterocycles. The lowest BCUT2D eigenvalue weighted by Gasteiger charge is -2.31. The first-order valence-electron chi connectivity index (χ1n) is 10.1. The molecule has 2 aromatic carbocycles. The van der Waals surface area contributed by atoms with Gasteiger partial charge >= 0.3 is 0 Å². The molecular formula is C23H24FN3O3. The fourth-order valence-electron chi connectivity index (χ4n) is 3.64. The summed E-state index contributed by atoms with van der Waals surface area (Å²) in [5.41, 5.74) is 2.66. The third-order valence-electron chi connectivity index (χ3n) is 5.34. The molecule has 30 heavy (non-hydrogen) atoms. The van der Waals surface area contributed by atoms with Crippen LogP contribution in [0.2, 0.25) is 0 Å². The quantitative estimate of drug-likeness (QED) is 0.629. The van der Waals surface area contributed by atoms with Crippen molar-refractivity contribution < 1.29 is 18.4 Å². The van der Waals surface area contributed by atoms with Crippen LogP contribution in [-0.4, -0.2) is 40.6 Å². The maximum Gasteiger partial charge on any atom is 0.260 e. The number of aryl methyl sites for hydroxylation is 2. The number of hydrogen-bond acceptors (Lipinski definition) is 5. The lowest BCUT2D eigenvalue weighted by atomic mass is 9.98. The van der Waals surface area contributed by atoms with E-state index in [4.69, 9.17) is 9.26 Å². The van der Waals surface area contributed by atoms with Crippen molar-refractivity contribution >= 4 is 5.91 Å². The first-order valence-corrected chi connectivity index (χ1v) is 10.1. The molecule has 0 N–H and O–H groups in total. The summed E-state index contributed by atoms with van der Waals surface area (Å²) in [5, 5.41) is 3.99. The molecule has 1 saturated heterocycles. The Morgan fingerprint density at radius 1 is 1.27 bits per heavy atom. The summed E-state index contributed by atoms with van der Waals surface area (Å²) in [5.74, 6) is 1.10. The standard InChI is InChI=1S/C23H24FN3O3/c1-15-8-9-16(2)20(11-15)29-14-21(28)27-10-4-6-18(13-27)23-25-22(26-30-23)17-5-3-7-19(24)12-17/h3,5,7-9,11-12,18H,4,6,10,13-14H2,1-2H3/t18-/m1/s1. The second-order valence-electron chi connectivity index (χ2n) is 7.70. The molecule has 0 bridgehead atoms. The predicted molar refractivity (Wildman–Crippen MR) is 110 cm³/mol. The SMILES string of the molecule is Cc1ccc(C)c(OCC(=O)N2CCC[C@@H](c3nc(-c4cccc(F)c4)no3)C2)c1. The lowest BCUT2D eigenvalue weighted by molar-refractivity contribution is -0.134. The van der Waals surface area contributed by atoms with Gasteiger partial charge in [-0.3, -0.25) is 4.79 Å². The summed E-state index contributed by atoms with van der Waals surface area (Å²) < 4.78 is 24.7. The Morgan fingerprint density at radius 2 is 2.13 bits per heavy atom. The third kappa shape index (κ3) is 4.50. The van der Waals surface area contributed by atoms with Crippen molar-refractivity contribution in [1.82, 2.24) is 15.0 Å². The number of halogens is 1. The van der Waals surface area contributed by atoms with E-state index in [0.717, 1.165) is 29.7 Å². The van der Waals surface area contributed by atoms with E-state index < -0.39 is 0 Å². The molecule has 3 aromatic rings. The van der Waals surface area contributed by atoms with Gasteiger partial charge in [0.15, 0.2) is 6.61 Å². The summed E-state index contributed by atoms with van der Waals surface area (Å²) in [6.07, 6.45) is 1.70. The van der Waals surface area contributed by atoms with Crippen LogP contribution in [0.1, 0.15) is 35.8 Å². The smallest absolute Gasteiger partial charge is 0.260 e. The molecule has 7 heteroatoms. The van der Waals surface area contributed by atoms with Gasteiger partial charge in [0.1, 0.15) is 11.6 Å². The summed E-state index contributed by atoms with van der Waals surface area (Å²) >= 11 is 0. The van der Waals surface area contributed by atoms with E-state index in [0.29, 0.717) is 30.4 Å².